The summed E-state index contributed by atoms with van der Waals surface area (Å²) in [6.07, 6.45) is 6.34. The molecule has 0 N–H and O–H groups in total. The van der Waals surface area contributed by atoms with E-state index in [2.05, 4.69) is 47.5 Å². The quantitative estimate of drug-likeness (QED) is 0.253. The van der Waals surface area contributed by atoms with Gasteiger partial charge in [-0.3, -0.25) is 0 Å². The van der Waals surface area contributed by atoms with Gasteiger partial charge in [0.15, 0.2) is 0 Å². The molecule has 1 heteroatoms. The van der Waals surface area contributed by atoms with Crippen LogP contribution in [-0.4, -0.2) is 0 Å². The first-order valence-corrected chi connectivity index (χ1v) is 2.36. The Morgan fingerprint density at radius 3 is 2.00 bits per heavy atom. The van der Waals surface area contributed by atoms with Crippen LogP contribution in [0.1, 0.15) is 0 Å². The van der Waals surface area contributed by atoms with Gasteiger partial charge in [-0.1, -0.05) is 0 Å². The first-order valence-electron chi connectivity index (χ1n) is 1.95. The SMILES string of the molecule is [C+]#CC#CC#CC#C[S-]. The number of rotatable bonds is 0. The van der Waals surface area contributed by atoms with Crippen LogP contribution in [0.25, 0.3) is 0 Å². The van der Waals surface area contributed by atoms with E-state index in [1.165, 1.54) is 0 Å². The molecule has 0 amide bonds. The van der Waals surface area contributed by atoms with E-state index in [0.29, 0.717) is 0 Å². The number of hydrogen-bond donors (Lipinski definition) is 0. The van der Waals surface area contributed by atoms with Crippen molar-refractivity contribution in [1.82, 2.24) is 0 Å². The predicted octanol–water partition coefficient (Wildman–Crippen LogP) is 0.0908. The first kappa shape index (κ1) is 7.68. The molecule has 0 aliphatic carbocycles. The molecule has 0 aromatic heterocycles. The van der Waals surface area contributed by atoms with Crippen molar-refractivity contribution in [2.75, 3.05) is 0 Å². The molecule has 0 aliphatic heterocycles. The molecule has 0 radical (unpaired) electrons. The van der Waals surface area contributed by atoms with Crippen LogP contribution in [0.3, 0.4) is 0 Å². The molecule has 38 valence electrons. The molecule has 0 aromatic carbocycles. The zero-order valence-electron chi connectivity index (χ0n) is 4.41. The van der Waals surface area contributed by atoms with Gasteiger partial charge in [-0.2, -0.15) is 0 Å². The predicted molar refractivity (Wildman–Crippen MR) is 37.8 cm³/mol. The van der Waals surface area contributed by atoms with Crippen LogP contribution in [0.4, 0.5) is 0 Å². The van der Waals surface area contributed by atoms with Crippen LogP contribution in [0, 0.1) is 47.2 Å². The molecule has 0 bridgehead atoms. The topological polar surface area (TPSA) is 0 Å². The molecular weight excluding hydrogens is 128 g/mol. The van der Waals surface area contributed by atoms with E-state index < -0.39 is 0 Å². The average Bonchev–Trinajstić information content (AvgIpc) is 1.89. The molecule has 0 nitrogen and oxygen atoms in total. The summed E-state index contributed by atoms with van der Waals surface area (Å²) in [5, 5.41) is 2.17. The fourth-order valence-electron chi connectivity index (χ4n) is 0.151. The summed E-state index contributed by atoms with van der Waals surface area (Å²) >= 11 is 4.27. The van der Waals surface area contributed by atoms with Crippen molar-refractivity contribution >= 4 is 12.6 Å². The van der Waals surface area contributed by atoms with Crippen molar-refractivity contribution < 1.29 is 0 Å². The monoisotopic (exact) mass is 128 g/mol. The Bertz CT molecular complexity index is 285. The van der Waals surface area contributed by atoms with Gasteiger partial charge in [0.1, 0.15) is 0 Å². The van der Waals surface area contributed by atoms with E-state index in [9.17, 15) is 0 Å². The molecule has 0 aliphatic rings. The van der Waals surface area contributed by atoms with Crippen molar-refractivity contribution in [2.45, 2.75) is 0 Å². The van der Waals surface area contributed by atoms with Gasteiger partial charge >= 0.3 is 59.8 Å². The van der Waals surface area contributed by atoms with E-state index in [4.69, 9.17) is 6.42 Å². The molecule has 0 spiro atoms. The molecule has 0 atom stereocenters. The summed E-state index contributed by atoms with van der Waals surface area (Å²) in [6, 6.07) is 0. The van der Waals surface area contributed by atoms with Gasteiger partial charge in [-0.25, -0.2) is 0 Å². The van der Waals surface area contributed by atoms with Crippen LogP contribution < -0.4 is 0 Å². The normalized spacial score (nSPS) is 3.78. The van der Waals surface area contributed by atoms with E-state index in [0.717, 1.165) is 0 Å². The summed E-state index contributed by atoms with van der Waals surface area (Å²) in [4.78, 5) is 0. The van der Waals surface area contributed by atoms with Crippen molar-refractivity contribution in [3.8, 4) is 40.8 Å². The average molecular weight is 128 g/mol. The summed E-state index contributed by atoms with van der Waals surface area (Å²) in [5.74, 6) is 13.4. The minimum atomic E-state index is 1.86. The third-order valence-corrected chi connectivity index (χ3v) is 0.466. The second-order valence-electron chi connectivity index (χ2n) is 0.852. The molecular formula is C8S. The molecule has 0 fully saturated rings. The molecule has 0 saturated carbocycles. The first-order chi connectivity index (χ1) is 4.41. The summed E-state index contributed by atoms with van der Waals surface area (Å²) < 4.78 is 0. The maximum atomic E-state index is 6.34. The molecule has 9 heavy (non-hydrogen) atoms. The van der Waals surface area contributed by atoms with Gasteiger partial charge in [-0.05, 0) is 0 Å². The standard InChI is InChI=1S/C8S/c1-2-3-4-5-6-7-8-9. The van der Waals surface area contributed by atoms with E-state index in [-0.39, 0.29) is 0 Å². The molecule has 0 unspecified atom stereocenters. The molecule has 0 rings (SSSR count). The third kappa shape index (κ3) is 6.68. The van der Waals surface area contributed by atoms with E-state index in [1.807, 2.05) is 5.92 Å². The second kappa shape index (κ2) is 6.68. The Balaban J connectivity index is 3.90. The Kier molecular flexibility index (Phi) is 5.70. The Morgan fingerprint density at radius 1 is 0.889 bits per heavy atom. The van der Waals surface area contributed by atoms with Gasteiger partial charge in [0, 0.05) is 0 Å². The molecule has 0 aromatic rings. The van der Waals surface area contributed by atoms with Gasteiger partial charge in [0.05, 0.1) is 0 Å². The maximum absolute atomic E-state index is 6.34. The van der Waals surface area contributed by atoms with E-state index >= 15 is 0 Å². The Morgan fingerprint density at radius 2 is 1.44 bits per heavy atom. The van der Waals surface area contributed by atoms with Crippen molar-refractivity contribution in [3.05, 3.63) is 6.42 Å². The number of hydrogen-bond acceptors (Lipinski definition) is 1. The van der Waals surface area contributed by atoms with Gasteiger partial charge in [-0.15, -0.1) is 0 Å². The van der Waals surface area contributed by atoms with Crippen molar-refractivity contribution in [2.24, 2.45) is 0 Å². The Hall–Kier alpha value is -1.32. The van der Waals surface area contributed by atoms with Crippen molar-refractivity contribution in [3.63, 3.8) is 0 Å². The Labute approximate surface area is 60.4 Å². The fraction of sp³-hybridized carbons (Fsp3) is 0. The minimum absolute atomic E-state index is 1.86. The summed E-state index contributed by atoms with van der Waals surface area (Å²) in [5.41, 5.74) is 0. The molecule has 0 heterocycles. The zero-order valence-corrected chi connectivity index (χ0v) is 5.22. The van der Waals surface area contributed by atoms with Crippen LogP contribution in [0.5, 0.6) is 0 Å². The van der Waals surface area contributed by atoms with Gasteiger partial charge < -0.3 is 0 Å². The van der Waals surface area contributed by atoms with Gasteiger partial charge in [0.2, 0.25) is 0 Å². The zero-order chi connectivity index (χ0) is 6.95. The van der Waals surface area contributed by atoms with Crippen LogP contribution in [-0.2, 0) is 12.6 Å². The van der Waals surface area contributed by atoms with Gasteiger partial charge in [0.25, 0.3) is 0 Å². The molecule has 0 saturated heterocycles. The van der Waals surface area contributed by atoms with Crippen LogP contribution in [0.15, 0.2) is 0 Å². The summed E-state index contributed by atoms with van der Waals surface area (Å²) in [6.45, 7) is 0. The van der Waals surface area contributed by atoms with E-state index in [1.54, 1.807) is 0 Å². The summed E-state index contributed by atoms with van der Waals surface area (Å²) in [7, 11) is 0. The fourth-order valence-corrected chi connectivity index (χ4v) is 0.202. The second-order valence-corrected chi connectivity index (χ2v) is 1.06. The third-order valence-electron chi connectivity index (χ3n) is 0.364. The van der Waals surface area contributed by atoms with Crippen LogP contribution in [0.2, 0.25) is 0 Å². The van der Waals surface area contributed by atoms with Crippen LogP contribution >= 0.6 is 0 Å². The van der Waals surface area contributed by atoms with Crippen molar-refractivity contribution in [1.29, 1.82) is 0 Å².